The lowest BCUT2D eigenvalue weighted by molar-refractivity contribution is -0.0374. The van der Waals surface area contributed by atoms with Gasteiger partial charge in [0.15, 0.2) is 0 Å². The van der Waals surface area contributed by atoms with Crippen LogP contribution in [0.4, 0.5) is 0 Å². The number of methoxy groups -OCH3 is 1. The van der Waals surface area contributed by atoms with Crippen LogP contribution in [-0.2, 0) is 4.74 Å². The van der Waals surface area contributed by atoms with E-state index in [1.54, 1.807) is 7.11 Å². The molecule has 4 nitrogen and oxygen atoms in total. The highest BCUT2D eigenvalue weighted by Crippen LogP contribution is 2.27. The van der Waals surface area contributed by atoms with Crippen molar-refractivity contribution in [3.63, 3.8) is 0 Å². The first-order valence-corrected chi connectivity index (χ1v) is 7.54. The molecule has 0 aromatic heterocycles. The van der Waals surface area contributed by atoms with Crippen molar-refractivity contribution in [2.45, 2.75) is 24.7 Å². The van der Waals surface area contributed by atoms with Gasteiger partial charge >= 0.3 is 0 Å². The van der Waals surface area contributed by atoms with Gasteiger partial charge in [-0.25, -0.2) is 0 Å². The summed E-state index contributed by atoms with van der Waals surface area (Å²) in [7, 11) is 1.66. The van der Waals surface area contributed by atoms with Crippen LogP contribution in [0.25, 0.3) is 0 Å². The number of nitrogens with zero attached hydrogens (tertiary/aromatic N) is 1. The predicted molar refractivity (Wildman–Crippen MR) is 77.8 cm³/mol. The fourth-order valence-corrected chi connectivity index (χ4v) is 3.11. The van der Waals surface area contributed by atoms with Crippen LogP contribution in [-0.4, -0.2) is 55.8 Å². The van der Waals surface area contributed by atoms with Crippen molar-refractivity contribution in [2.75, 3.05) is 32.7 Å². The second-order valence-corrected chi connectivity index (χ2v) is 5.68. The number of fused-ring (bicyclic) bond motifs is 1. The first kappa shape index (κ1) is 14.0. The van der Waals surface area contributed by atoms with E-state index in [4.69, 9.17) is 25.8 Å². The van der Waals surface area contributed by atoms with E-state index in [1.165, 1.54) is 0 Å². The number of hydrogen-bond donors (Lipinski definition) is 0. The van der Waals surface area contributed by atoms with Gasteiger partial charge in [0, 0.05) is 31.4 Å². The van der Waals surface area contributed by atoms with Crippen LogP contribution in [0.5, 0.6) is 11.5 Å². The van der Waals surface area contributed by atoms with Crippen molar-refractivity contribution in [1.82, 2.24) is 4.90 Å². The van der Waals surface area contributed by atoms with Crippen LogP contribution < -0.4 is 9.47 Å². The van der Waals surface area contributed by atoms with Crippen molar-refractivity contribution >= 4 is 11.6 Å². The molecule has 1 aromatic rings. The minimum absolute atomic E-state index is 0.160. The number of ether oxygens (including phenoxy) is 3. The minimum Gasteiger partial charge on any atom is -0.497 e. The number of hydrogen-bond acceptors (Lipinski definition) is 4. The zero-order chi connectivity index (χ0) is 13.9. The number of benzene rings is 1. The van der Waals surface area contributed by atoms with E-state index in [1.807, 2.05) is 24.3 Å². The molecule has 5 heteroatoms. The summed E-state index contributed by atoms with van der Waals surface area (Å²) >= 11 is 5.87. The topological polar surface area (TPSA) is 30.9 Å². The Morgan fingerprint density at radius 3 is 2.70 bits per heavy atom. The zero-order valence-corrected chi connectivity index (χ0v) is 12.4. The van der Waals surface area contributed by atoms with Crippen LogP contribution >= 0.6 is 11.6 Å². The first-order valence-electron chi connectivity index (χ1n) is 7.01. The summed E-state index contributed by atoms with van der Waals surface area (Å²) in [5.74, 6) is 2.30. The quantitative estimate of drug-likeness (QED) is 0.797. The number of rotatable bonds is 4. The lowest BCUT2D eigenvalue weighted by Crippen LogP contribution is -2.46. The molecular formula is C15H20ClNO3. The molecule has 3 atom stereocenters. The summed E-state index contributed by atoms with van der Waals surface area (Å²) in [6.07, 6.45) is 1.40. The van der Waals surface area contributed by atoms with Crippen LogP contribution in [0.2, 0.25) is 0 Å². The SMILES string of the molecule is COc1ccc(O[C@H]2C[C@H]3CO[C@@H](CCl)CN3C2)cc1. The molecule has 3 rings (SSSR count). The molecule has 2 saturated heterocycles. The lowest BCUT2D eigenvalue weighted by Gasteiger charge is -2.33. The fourth-order valence-electron chi connectivity index (χ4n) is 2.92. The molecule has 2 heterocycles. The first-order chi connectivity index (χ1) is 9.78. The monoisotopic (exact) mass is 297 g/mol. The molecule has 0 spiro atoms. The summed E-state index contributed by atoms with van der Waals surface area (Å²) in [6, 6.07) is 8.22. The van der Waals surface area contributed by atoms with E-state index in [0.717, 1.165) is 37.6 Å². The Morgan fingerprint density at radius 1 is 1.25 bits per heavy atom. The van der Waals surface area contributed by atoms with E-state index in [0.29, 0.717) is 11.9 Å². The molecule has 0 saturated carbocycles. The van der Waals surface area contributed by atoms with Gasteiger partial charge in [-0.1, -0.05) is 0 Å². The van der Waals surface area contributed by atoms with E-state index in [2.05, 4.69) is 4.90 Å². The smallest absolute Gasteiger partial charge is 0.120 e. The summed E-state index contributed by atoms with van der Waals surface area (Å²) in [5, 5.41) is 0. The third-order valence-electron chi connectivity index (χ3n) is 3.99. The van der Waals surface area contributed by atoms with Crippen molar-refractivity contribution in [1.29, 1.82) is 0 Å². The Morgan fingerprint density at radius 2 is 2.00 bits per heavy atom. The van der Waals surface area contributed by atoms with E-state index < -0.39 is 0 Å². The lowest BCUT2D eigenvalue weighted by atomic mass is 10.2. The van der Waals surface area contributed by atoms with Gasteiger partial charge in [0.2, 0.25) is 0 Å². The minimum atomic E-state index is 0.160. The average Bonchev–Trinajstić information content (AvgIpc) is 2.89. The Hall–Kier alpha value is -0.970. The Labute approximate surface area is 124 Å². The van der Waals surface area contributed by atoms with Crippen molar-refractivity contribution in [3.05, 3.63) is 24.3 Å². The van der Waals surface area contributed by atoms with Gasteiger partial charge in [0.05, 0.1) is 19.8 Å². The number of alkyl halides is 1. The molecule has 0 radical (unpaired) electrons. The maximum absolute atomic E-state index is 6.05. The highest BCUT2D eigenvalue weighted by molar-refractivity contribution is 6.18. The zero-order valence-electron chi connectivity index (χ0n) is 11.6. The maximum atomic E-state index is 6.05. The maximum Gasteiger partial charge on any atom is 0.120 e. The standard InChI is InChI=1S/C15H20ClNO3/c1-18-12-2-4-13(5-3-12)20-14-6-11-10-19-15(7-16)9-17(11)8-14/h2-5,11,14-15H,6-10H2,1H3/t11-,14-,15-/m0/s1. The van der Waals surface area contributed by atoms with Crippen molar-refractivity contribution < 1.29 is 14.2 Å². The van der Waals surface area contributed by atoms with Crippen LogP contribution in [0, 0.1) is 0 Å². The largest absolute Gasteiger partial charge is 0.497 e. The second kappa shape index (κ2) is 6.20. The van der Waals surface area contributed by atoms with Gasteiger partial charge in [-0.2, -0.15) is 0 Å². The van der Waals surface area contributed by atoms with Gasteiger partial charge in [0.1, 0.15) is 17.6 Å². The van der Waals surface area contributed by atoms with Crippen molar-refractivity contribution in [2.24, 2.45) is 0 Å². The molecule has 2 aliphatic rings. The molecule has 0 unspecified atom stereocenters. The van der Waals surface area contributed by atoms with Gasteiger partial charge < -0.3 is 14.2 Å². The summed E-state index contributed by atoms with van der Waals surface area (Å²) in [4.78, 5) is 2.44. The third kappa shape index (κ3) is 3.03. The molecule has 0 aliphatic carbocycles. The van der Waals surface area contributed by atoms with Crippen molar-refractivity contribution in [3.8, 4) is 11.5 Å². The molecule has 2 aliphatic heterocycles. The summed E-state index contributed by atoms with van der Waals surface area (Å²) in [6.45, 7) is 2.63. The molecule has 2 fully saturated rings. The molecule has 1 aromatic carbocycles. The normalized spacial score (nSPS) is 30.0. The molecule has 0 N–H and O–H groups in total. The van der Waals surface area contributed by atoms with E-state index >= 15 is 0 Å². The molecule has 20 heavy (non-hydrogen) atoms. The van der Waals surface area contributed by atoms with Crippen LogP contribution in [0.3, 0.4) is 0 Å². The molecule has 0 amide bonds. The van der Waals surface area contributed by atoms with E-state index in [-0.39, 0.29) is 12.2 Å². The molecule has 0 bridgehead atoms. The third-order valence-corrected chi connectivity index (χ3v) is 4.33. The van der Waals surface area contributed by atoms with Gasteiger partial charge in [0.25, 0.3) is 0 Å². The van der Waals surface area contributed by atoms with E-state index in [9.17, 15) is 0 Å². The van der Waals surface area contributed by atoms with Gasteiger partial charge in [-0.05, 0) is 24.3 Å². The Bertz CT molecular complexity index is 439. The Kier molecular flexibility index (Phi) is 4.34. The van der Waals surface area contributed by atoms with Crippen LogP contribution in [0.1, 0.15) is 6.42 Å². The predicted octanol–water partition coefficient (Wildman–Crippen LogP) is 2.15. The highest BCUT2D eigenvalue weighted by Gasteiger charge is 2.38. The number of halogens is 1. The van der Waals surface area contributed by atoms with Gasteiger partial charge in [-0.3, -0.25) is 4.90 Å². The fraction of sp³-hybridized carbons (Fsp3) is 0.600. The average molecular weight is 298 g/mol. The molecular weight excluding hydrogens is 278 g/mol. The second-order valence-electron chi connectivity index (χ2n) is 5.37. The summed E-state index contributed by atoms with van der Waals surface area (Å²) in [5.41, 5.74) is 0. The number of morpholine rings is 1. The summed E-state index contributed by atoms with van der Waals surface area (Å²) < 4.78 is 16.9. The molecule has 110 valence electrons. The van der Waals surface area contributed by atoms with Crippen LogP contribution in [0.15, 0.2) is 24.3 Å². The highest BCUT2D eigenvalue weighted by atomic mass is 35.5. The van der Waals surface area contributed by atoms with Gasteiger partial charge in [-0.15, -0.1) is 11.6 Å². The Balaban J connectivity index is 1.57.